The first-order chi connectivity index (χ1) is 5.22. The zero-order valence-corrected chi connectivity index (χ0v) is 7.40. The van der Waals surface area contributed by atoms with Crippen molar-refractivity contribution in [1.82, 2.24) is 4.90 Å². The van der Waals surface area contributed by atoms with Crippen molar-refractivity contribution in [3.8, 4) is 0 Å². The summed E-state index contributed by atoms with van der Waals surface area (Å²) in [4.78, 5) is 12.6. The van der Waals surface area contributed by atoms with Gasteiger partial charge in [0.25, 0.3) is 0 Å². The van der Waals surface area contributed by atoms with Crippen molar-refractivity contribution in [2.75, 3.05) is 6.54 Å². The average Bonchev–Trinajstić information content (AvgIpc) is 2.13. The highest BCUT2D eigenvalue weighted by Crippen LogP contribution is 2.17. The summed E-state index contributed by atoms with van der Waals surface area (Å²) in [7, 11) is 0. The molecule has 0 aromatic carbocycles. The molecule has 62 valence electrons. The fourth-order valence-corrected chi connectivity index (χ4v) is 1.47. The number of carbonyl (C=O) groups is 1. The van der Waals surface area contributed by atoms with Crippen LogP contribution in [0.15, 0.2) is 11.2 Å². The molecular formula is C8H12ClNO. The molecule has 0 saturated carbocycles. The zero-order valence-electron chi connectivity index (χ0n) is 6.64. The molecule has 0 aliphatic carbocycles. The van der Waals surface area contributed by atoms with Gasteiger partial charge < -0.3 is 4.90 Å². The van der Waals surface area contributed by atoms with E-state index in [1.165, 1.54) is 0 Å². The van der Waals surface area contributed by atoms with Gasteiger partial charge in [-0.25, -0.2) is 0 Å². The van der Waals surface area contributed by atoms with E-state index in [9.17, 15) is 4.79 Å². The Morgan fingerprint density at radius 1 is 1.64 bits per heavy atom. The molecule has 1 heterocycles. The van der Waals surface area contributed by atoms with E-state index >= 15 is 0 Å². The smallest absolute Gasteiger partial charge is 0.224 e. The standard InChI is InChI=1S/C8H12ClNO/c1-7(11)10-6-4-2-3-5-8(10)9/h5H,2-4,6H2,1H3. The number of nitrogens with zero attached hydrogens (tertiary/aromatic N) is 1. The molecule has 1 rings (SSSR count). The monoisotopic (exact) mass is 173 g/mol. The maximum Gasteiger partial charge on any atom is 0.224 e. The molecule has 2 nitrogen and oxygen atoms in total. The molecule has 0 radical (unpaired) electrons. The van der Waals surface area contributed by atoms with Gasteiger partial charge in [0, 0.05) is 13.5 Å². The summed E-state index contributed by atoms with van der Waals surface area (Å²) in [5, 5.41) is 0.593. The first-order valence-corrected chi connectivity index (χ1v) is 4.23. The Bertz CT molecular complexity index is 189. The summed E-state index contributed by atoms with van der Waals surface area (Å²) in [6.45, 7) is 2.31. The van der Waals surface area contributed by atoms with Crippen molar-refractivity contribution < 1.29 is 4.79 Å². The van der Waals surface area contributed by atoms with Crippen molar-refractivity contribution in [2.24, 2.45) is 0 Å². The first-order valence-electron chi connectivity index (χ1n) is 3.85. The molecule has 1 amide bonds. The lowest BCUT2D eigenvalue weighted by molar-refractivity contribution is -0.126. The van der Waals surface area contributed by atoms with Crippen LogP contribution in [-0.4, -0.2) is 17.4 Å². The van der Waals surface area contributed by atoms with E-state index in [1.54, 1.807) is 11.8 Å². The highest BCUT2D eigenvalue weighted by molar-refractivity contribution is 6.30. The third kappa shape index (κ3) is 2.22. The van der Waals surface area contributed by atoms with Crippen LogP contribution in [0.2, 0.25) is 0 Å². The molecule has 0 aromatic rings. The summed E-state index contributed by atoms with van der Waals surface area (Å²) in [6, 6.07) is 0. The summed E-state index contributed by atoms with van der Waals surface area (Å²) in [6.07, 6.45) is 5.07. The van der Waals surface area contributed by atoms with Gasteiger partial charge in [-0.15, -0.1) is 0 Å². The summed E-state index contributed by atoms with van der Waals surface area (Å²) in [5.41, 5.74) is 0. The van der Waals surface area contributed by atoms with Crippen LogP contribution in [0.4, 0.5) is 0 Å². The van der Waals surface area contributed by atoms with Crippen molar-refractivity contribution in [2.45, 2.75) is 26.2 Å². The predicted octanol–water partition coefficient (Wildman–Crippen LogP) is 2.10. The highest BCUT2D eigenvalue weighted by atomic mass is 35.5. The van der Waals surface area contributed by atoms with Gasteiger partial charge in [0.1, 0.15) is 5.16 Å². The number of carbonyl (C=O) groups excluding carboxylic acids is 1. The van der Waals surface area contributed by atoms with Gasteiger partial charge in [0.05, 0.1) is 0 Å². The van der Waals surface area contributed by atoms with Crippen LogP contribution in [0.1, 0.15) is 26.2 Å². The number of hydrogen-bond donors (Lipinski definition) is 0. The molecule has 0 aromatic heterocycles. The molecule has 0 spiro atoms. The second-order valence-corrected chi connectivity index (χ2v) is 3.08. The van der Waals surface area contributed by atoms with Gasteiger partial charge in [-0.2, -0.15) is 0 Å². The fraction of sp³-hybridized carbons (Fsp3) is 0.625. The molecule has 0 N–H and O–H groups in total. The summed E-state index contributed by atoms with van der Waals surface area (Å²) in [5.74, 6) is 0.0353. The Kier molecular flexibility index (Phi) is 2.94. The van der Waals surface area contributed by atoms with Gasteiger partial charge in [-0.1, -0.05) is 11.6 Å². The third-order valence-corrected chi connectivity index (χ3v) is 2.14. The van der Waals surface area contributed by atoms with E-state index < -0.39 is 0 Å². The minimum atomic E-state index is 0.0353. The topological polar surface area (TPSA) is 20.3 Å². The van der Waals surface area contributed by atoms with Gasteiger partial charge in [0.2, 0.25) is 5.91 Å². The largest absolute Gasteiger partial charge is 0.303 e. The Labute approximate surface area is 71.8 Å². The normalized spacial score (nSPS) is 19.1. The van der Waals surface area contributed by atoms with Gasteiger partial charge >= 0.3 is 0 Å². The van der Waals surface area contributed by atoms with Gasteiger partial charge in [-0.3, -0.25) is 4.79 Å². The van der Waals surface area contributed by atoms with Crippen LogP contribution in [-0.2, 0) is 4.79 Å². The number of amides is 1. The molecule has 1 aliphatic heterocycles. The van der Waals surface area contributed by atoms with Crippen molar-refractivity contribution in [3.63, 3.8) is 0 Å². The van der Waals surface area contributed by atoms with E-state index in [0.717, 1.165) is 25.8 Å². The van der Waals surface area contributed by atoms with Crippen LogP contribution in [0, 0.1) is 0 Å². The van der Waals surface area contributed by atoms with Crippen LogP contribution in [0.3, 0.4) is 0 Å². The van der Waals surface area contributed by atoms with Crippen LogP contribution in [0.5, 0.6) is 0 Å². The third-order valence-electron chi connectivity index (χ3n) is 1.79. The molecule has 11 heavy (non-hydrogen) atoms. The van der Waals surface area contributed by atoms with E-state index in [-0.39, 0.29) is 5.91 Å². The molecule has 0 saturated heterocycles. The maximum absolute atomic E-state index is 11.0. The lowest BCUT2D eigenvalue weighted by Gasteiger charge is -2.17. The van der Waals surface area contributed by atoms with E-state index in [2.05, 4.69) is 0 Å². The number of halogens is 1. The fourth-order valence-electron chi connectivity index (χ4n) is 1.16. The lowest BCUT2D eigenvalue weighted by Crippen LogP contribution is -2.26. The first kappa shape index (κ1) is 8.60. The number of rotatable bonds is 0. The van der Waals surface area contributed by atoms with Gasteiger partial charge in [0.15, 0.2) is 0 Å². The van der Waals surface area contributed by atoms with Crippen molar-refractivity contribution >= 4 is 17.5 Å². The molecular weight excluding hydrogens is 162 g/mol. The summed E-state index contributed by atoms with van der Waals surface area (Å²) >= 11 is 5.85. The second-order valence-electron chi connectivity index (χ2n) is 2.69. The predicted molar refractivity (Wildman–Crippen MR) is 45.2 cm³/mol. The minimum absolute atomic E-state index is 0.0353. The zero-order chi connectivity index (χ0) is 8.27. The Balaban J connectivity index is 2.67. The molecule has 0 unspecified atom stereocenters. The molecule has 0 fully saturated rings. The van der Waals surface area contributed by atoms with E-state index in [4.69, 9.17) is 11.6 Å². The number of hydrogen-bond acceptors (Lipinski definition) is 1. The van der Waals surface area contributed by atoms with Crippen LogP contribution < -0.4 is 0 Å². The quantitative estimate of drug-likeness (QED) is 0.514. The van der Waals surface area contributed by atoms with Crippen molar-refractivity contribution in [1.29, 1.82) is 0 Å². The van der Waals surface area contributed by atoms with E-state index in [0.29, 0.717) is 5.16 Å². The van der Waals surface area contributed by atoms with Crippen molar-refractivity contribution in [3.05, 3.63) is 11.2 Å². The summed E-state index contributed by atoms with van der Waals surface area (Å²) < 4.78 is 0. The second kappa shape index (κ2) is 3.77. The highest BCUT2D eigenvalue weighted by Gasteiger charge is 2.13. The number of allylic oxidation sites excluding steroid dienone is 1. The minimum Gasteiger partial charge on any atom is -0.303 e. The molecule has 3 heteroatoms. The van der Waals surface area contributed by atoms with Crippen LogP contribution >= 0.6 is 11.6 Å². The lowest BCUT2D eigenvalue weighted by atomic mass is 10.2. The molecule has 0 bridgehead atoms. The van der Waals surface area contributed by atoms with Crippen LogP contribution in [0.25, 0.3) is 0 Å². The maximum atomic E-state index is 11.0. The molecule has 0 atom stereocenters. The molecule has 1 aliphatic rings. The average molecular weight is 174 g/mol. The Morgan fingerprint density at radius 3 is 3.00 bits per heavy atom. The van der Waals surface area contributed by atoms with Gasteiger partial charge in [-0.05, 0) is 25.3 Å². The van der Waals surface area contributed by atoms with E-state index in [1.807, 2.05) is 6.08 Å². The Morgan fingerprint density at radius 2 is 2.36 bits per heavy atom. The SMILES string of the molecule is CC(=O)N1CCCCC=C1Cl. The Hall–Kier alpha value is -0.500.